The van der Waals surface area contributed by atoms with Gasteiger partial charge in [-0.1, -0.05) is 6.07 Å². The molecule has 0 bridgehead atoms. The minimum Gasteiger partial charge on any atom is -0.486 e. The van der Waals surface area contributed by atoms with Crippen molar-refractivity contribution in [3.8, 4) is 11.5 Å². The van der Waals surface area contributed by atoms with E-state index >= 15 is 0 Å². The topological polar surface area (TPSA) is 69.4 Å². The minimum atomic E-state index is 0.497. The zero-order chi connectivity index (χ0) is 13.1. The van der Waals surface area contributed by atoms with Crippen molar-refractivity contribution in [3.05, 3.63) is 42.1 Å². The van der Waals surface area contributed by atoms with Crippen LogP contribution in [0.15, 0.2) is 36.5 Å². The van der Waals surface area contributed by atoms with Gasteiger partial charge < -0.3 is 20.5 Å². The first kappa shape index (κ1) is 11.8. The number of hydrogen-bond donors (Lipinski definition) is 2. The number of anilines is 2. The van der Waals surface area contributed by atoms with Gasteiger partial charge in [-0.05, 0) is 23.8 Å². The predicted octanol–water partition coefficient (Wildman–Crippen LogP) is 2.06. The standard InChI is InChI=1S/C14H15N3O2/c15-8-10-1-4-14(16-9-10)17-11-2-3-12-13(7-11)19-6-5-18-12/h1-4,7,9H,5-6,8,15H2,(H,16,17). The number of aromatic nitrogens is 1. The summed E-state index contributed by atoms with van der Waals surface area (Å²) in [6, 6.07) is 9.59. The highest BCUT2D eigenvalue weighted by Gasteiger charge is 2.11. The number of nitrogens with zero attached hydrogens (tertiary/aromatic N) is 1. The zero-order valence-electron chi connectivity index (χ0n) is 10.4. The summed E-state index contributed by atoms with van der Waals surface area (Å²) < 4.78 is 11.0. The van der Waals surface area contributed by atoms with E-state index in [1.165, 1.54) is 0 Å². The molecular formula is C14H15N3O2. The first-order valence-electron chi connectivity index (χ1n) is 6.17. The third-order valence-electron chi connectivity index (χ3n) is 2.88. The third-order valence-corrected chi connectivity index (χ3v) is 2.88. The molecule has 5 nitrogen and oxygen atoms in total. The number of nitrogens with two attached hydrogens (primary N) is 1. The second-order valence-electron chi connectivity index (χ2n) is 4.24. The van der Waals surface area contributed by atoms with Crippen molar-refractivity contribution in [1.29, 1.82) is 0 Å². The summed E-state index contributed by atoms with van der Waals surface area (Å²) in [4.78, 5) is 4.29. The molecular weight excluding hydrogens is 242 g/mol. The summed E-state index contributed by atoms with van der Waals surface area (Å²) in [5.41, 5.74) is 7.46. The van der Waals surface area contributed by atoms with Crippen molar-refractivity contribution >= 4 is 11.5 Å². The molecule has 0 atom stereocenters. The Morgan fingerprint density at radius 1 is 1.11 bits per heavy atom. The van der Waals surface area contributed by atoms with Gasteiger partial charge in [0.2, 0.25) is 0 Å². The maximum atomic E-state index is 5.54. The van der Waals surface area contributed by atoms with Gasteiger partial charge in [0.1, 0.15) is 19.0 Å². The Bertz CT molecular complexity index is 569. The van der Waals surface area contributed by atoms with Crippen LogP contribution in [0.4, 0.5) is 11.5 Å². The second-order valence-corrected chi connectivity index (χ2v) is 4.24. The van der Waals surface area contributed by atoms with Gasteiger partial charge in [0.25, 0.3) is 0 Å². The van der Waals surface area contributed by atoms with E-state index in [0.29, 0.717) is 19.8 Å². The summed E-state index contributed by atoms with van der Waals surface area (Å²) in [6.45, 7) is 1.68. The molecule has 3 rings (SSSR count). The monoisotopic (exact) mass is 257 g/mol. The molecule has 2 aromatic rings. The van der Waals surface area contributed by atoms with Crippen LogP contribution >= 0.6 is 0 Å². The van der Waals surface area contributed by atoms with Crippen molar-refractivity contribution in [3.63, 3.8) is 0 Å². The zero-order valence-corrected chi connectivity index (χ0v) is 10.4. The normalized spacial score (nSPS) is 13.1. The van der Waals surface area contributed by atoms with Crippen molar-refractivity contribution in [1.82, 2.24) is 4.98 Å². The molecule has 19 heavy (non-hydrogen) atoms. The maximum Gasteiger partial charge on any atom is 0.163 e. The Morgan fingerprint density at radius 2 is 1.95 bits per heavy atom. The molecule has 0 amide bonds. The van der Waals surface area contributed by atoms with E-state index in [-0.39, 0.29) is 0 Å². The summed E-state index contributed by atoms with van der Waals surface area (Å²) in [5.74, 6) is 2.31. The van der Waals surface area contributed by atoms with E-state index in [9.17, 15) is 0 Å². The highest BCUT2D eigenvalue weighted by molar-refractivity contribution is 5.61. The first-order valence-corrected chi connectivity index (χ1v) is 6.17. The summed E-state index contributed by atoms with van der Waals surface area (Å²) in [7, 11) is 0. The van der Waals surface area contributed by atoms with E-state index in [0.717, 1.165) is 28.6 Å². The molecule has 98 valence electrons. The van der Waals surface area contributed by atoms with Crippen LogP contribution in [0.25, 0.3) is 0 Å². The number of fused-ring (bicyclic) bond motifs is 1. The van der Waals surface area contributed by atoms with Gasteiger partial charge in [-0.15, -0.1) is 0 Å². The summed E-state index contributed by atoms with van der Waals surface area (Å²) >= 11 is 0. The molecule has 0 aliphatic carbocycles. The van der Waals surface area contributed by atoms with Crippen LogP contribution in [0.5, 0.6) is 11.5 Å². The van der Waals surface area contributed by atoms with Gasteiger partial charge >= 0.3 is 0 Å². The van der Waals surface area contributed by atoms with E-state index < -0.39 is 0 Å². The lowest BCUT2D eigenvalue weighted by atomic mass is 10.2. The third kappa shape index (κ3) is 2.61. The van der Waals surface area contributed by atoms with E-state index in [1.807, 2.05) is 30.3 Å². The predicted molar refractivity (Wildman–Crippen MR) is 72.8 cm³/mol. The van der Waals surface area contributed by atoms with Gasteiger partial charge in [0.05, 0.1) is 0 Å². The van der Waals surface area contributed by atoms with Crippen molar-refractivity contribution in [2.45, 2.75) is 6.54 Å². The molecule has 0 saturated heterocycles. The fourth-order valence-electron chi connectivity index (χ4n) is 1.89. The van der Waals surface area contributed by atoms with Crippen molar-refractivity contribution in [2.75, 3.05) is 18.5 Å². The van der Waals surface area contributed by atoms with Crippen LogP contribution in [-0.2, 0) is 6.54 Å². The largest absolute Gasteiger partial charge is 0.486 e. The number of hydrogen-bond acceptors (Lipinski definition) is 5. The molecule has 3 N–H and O–H groups in total. The highest BCUT2D eigenvalue weighted by Crippen LogP contribution is 2.33. The first-order chi connectivity index (χ1) is 9.35. The van der Waals surface area contributed by atoms with Gasteiger partial charge in [-0.2, -0.15) is 0 Å². The van der Waals surface area contributed by atoms with Crippen molar-refractivity contribution < 1.29 is 9.47 Å². The average Bonchev–Trinajstić information content (AvgIpc) is 2.48. The van der Waals surface area contributed by atoms with Crippen LogP contribution in [0, 0.1) is 0 Å². The lowest BCUT2D eigenvalue weighted by molar-refractivity contribution is 0.171. The molecule has 0 fully saturated rings. The SMILES string of the molecule is NCc1ccc(Nc2ccc3c(c2)OCCO3)nc1. The quantitative estimate of drug-likeness (QED) is 0.880. The fraction of sp³-hybridized carbons (Fsp3) is 0.214. The molecule has 2 heterocycles. The molecule has 0 spiro atoms. The van der Waals surface area contributed by atoms with E-state index in [1.54, 1.807) is 6.20 Å². The number of benzene rings is 1. The molecule has 1 aliphatic heterocycles. The molecule has 1 aromatic carbocycles. The Hall–Kier alpha value is -2.27. The van der Waals surface area contributed by atoms with Crippen LogP contribution < -0.4 is 20.5 Å². The van der Waals surface area contributed by atoms with Crippen LogP contribution in [0.1, 0.15) is 5.56 Å². The molecule has 1 aliphatic rings. The second kappa shape index (κ2) is 5.16. The summed E-state index contributed by atoms with van der Waals surface area (Å²) in [6.07, 6.45) is 1.76. The Labute approximate surface area is 111 Å². The molecule has 5 heteroatoms. The molecule has 0 saturated carbocycles. The number of rotatable bonds is 3. The Balaban J connectivity index is 1.78. The fourth-order valence-corrected chi connectivity index (χ4v) is 1.89. The van der Waals surface area contributed by atoms with Gasteiger partial charge in [0.15, 0.2) is 11.5 Å². The molecule has 0 radical (unpaired) electrons. The maximum absolute atomic E-state index is 5.54. The van der Waals surface area contributed by atoms with Crippen LogP contribution in [-0.4, -0.2) is 18.2 Å². The van der Waals surface area contributed by atoms with Crippen LogP contribution in [0.2, 0.25) is 0 Å². The van der Waals surface area contributed by atoms with E-state index in [4.69, 9.17) is 15.2 Å². The van der Waals surface area contributed by atoms with E-state index in [2.05, 4.69) is 10.3 Å². The minimum absolute atomic E-state index is 0.497. The lowest BCUT2D eigenvalue weighted by Crippen LogP contribution is -2.15. The van der Waals surface area contributed by atoms with Gasteiger partial charge in [-0.25, -0.2) is 4.98 Å². The molecule has 1 aromatic heterocycles. The van der Waals surface area contributed by atoms with Gasteiger partial charge in [-0.3, -0.25) is 0 Å². The summed E-state index contributed by atoms with van der Waals surface area (Å²) in [5, 5.41) is 3.22. The number of nitrogens with one attached hydrogen (secondary N) is 1. The van der Waals surface area contributed by atoms with Crippen molar-refractivity contribution in [2.24, 2.45) is 5.73 Å². The average molecular weight is 257 g/mol. The highest BCUT2D eigenvalue weighted by atomic mass is 16.6. The lowest BCUT2D eigenvalue weighted by Gasteiger charge is -2.19. The molecule has 0 unspecified atom stereocenters. The Morgan fingerprint density at radius 3 is 2.68 bits per heavy atom. The smallest absolute Gasteiger partial charge is 0.163 e. The number of ether oxygens (including phenoxy) is 2. The van der Waals surface area contributed by atoms with Gasteiger partial charge in [0, 0.05) is 24.5 Å². The number of pyridine rings is 1. The van der Waals surface area contributed by atoms with Crippen LogP contribution in [0.3, 0.4) is 0 Å². The Kier molecular flexibility index (Phi) is 3.20.